The molecule has 1 unspecified atom stereocenters. The lowest BCUT2D eigenvalue weighted by Crippen LogP contribution is -2.26. The van der Waals surface area contributed by atoms with Gasteiger partial charge in [-0.2, -0.15) is 5.26 Å². The minimum atomic E-state index is -0.0730. The lowest BCUT2D eigenvalue weighted by Gasteiger charge is -2.09. The lowest BCUT2D eigenvalue weighted by molar-refractivity contribution is 0.414. The van der Waals surface area contributed by atoms with E-state index in [1.807, 2.05) is 31.2 Å². The highest BCUT2D eigenvalue weighted by Crippen LogP contribution is 2.12. The molecule has 0 saturated heterocycles. The standard InChI is InChI=1S/C12H16N2O/c1-3-11(8-13)14-9-10-5-4-6-12(7-10)15-2/h4-7,11,14H,3,9H2,1-2H3. The summed E-state index contributed by atoms with van der Waals surface area (Å²) < 4.78 is 5.12. The molecule has 80 valence electrons. The van der Waals surface area contributed by atoms with Crippen LogP contribution in [0.5, 0.6) is 5.75 Å². The molecule has 1 aromatic rings. The molecule has 15 heavy (non-hydrogen) atoms. The van der Waals surface area contributed by atoms with E-state index < -0.39 is 0 Å². The number of rotatable bonds is 5. The summed E-state index contributed by atoms with van der Waals surface area (Å²) in [5.41, 5.74) is 1.13. The summed E-state index contributed by atoms with van der Waals surface area (Å²) in [5.74, 6) is 0.847. The van der Waals surface area contributed by atoms with E-state index in [9.17, 15) is 0 Å². The van der Waals surface area contributed by atoms with Crippen molar-refractivity contribution >= 4 is 0 Å². The van der Waals surface area contributed by atoms with Gasteiger partial charge in [-0.3, -0.25) is 5.32 Å². The summed E-state index contributed by atoms with van der Waals surface area (Å²) in [6.07, 6.45) is 0.820. The van der Waals surface area contributed by atoms with Crippen molar-refractivity contribution < 1.29 is 4.74 Å². The Labute approximate surface area is 90.7 Å². The van der Waals surface area contributed by atoms with E-state index in [0.29, 0.717) is 6.54 Å². The highest BCUT2D eigenvalue weighted by Gasteiger charge is 2.03. The molecule has 0 amide bonds. The molecule has 1 N–H and O–H groups in total. The monoisotopic (exact) mass is 204 g/mol. The Bertz CT molecular complexity index is 344. The molecule has 0 radical (unpaired) electrons. The zero-order valence-electron chi connectivity index (χ0n) is 9.16. The second-order valence-electron chi connectivity index (χ2n) is 3.32. The Kier molecular flexibility index (Phi) is 4.65. The summed E-state index contributed by atoms with van der Waals surface area (Å²) in [6.45, 7) is 2.69. The molecule has 1 rings (SSSR count). The Morgan fingerprint density at radius 1 is 1.53 bits per heavy atom. The molecule has 1 atom stereocenters. The molecule has 0 aliphatic rings. The average molecular weight is 204 g/mol. The van der Waals surface area contributed by atoms with Gasteiger partial charge in [0.15, 0.2) is 0 Å². The molecule has 0 bridgehead atoms. The van der Waals surface area contributed by atoms with Gasteiger partial charge in [0.25, 0.3) is 0 Å². The van der Waals surface area contributed by atoms with Crippen LogP contribution in [-0.2, 0) is 6.54 Å². The van der Waals surface area contributed by atoms with Crippen molar-refractivity contribution in [2.45, 2.75) is 25.9 Å². The number of nitrogens with one attached hydrogen (secondary N) is 1. The number of methoxy groups -OCH3 is 1. The fraction of sp³-hybridized carbons (Fsp3) is 0.417. The van der Waals surface area contributed by atoms with Crippen molar-refractivity contribution in [2.24, 2.45) is 0 Å². The first-order chi connectivity index (χ1) is 7.30. The van der Waals surface area contributed by atoms with Gasteiger partial charge in [-0.1, -0.05) is 19.1 Å². The second kappa shape index (κ2) is 6.05. The SMILES string of the molecule is CCC(C#N)NCc1cccc(OC)c1. The zero-order valence-corrected chi connectivity index (χ0v) is 9.16. The van der Waals surface area contributed by atoms with Crippen LogP contribution in [-0.4, -0.2) is 13.2 Å². The van der Waals surface area contributed by atoms with Crippen molar-refractivity contribution in [3.05, 3.63) is 29.8 Å². The Balaban J connectivity index is 2.54. The Morgan fingerprint density at radius 2 is 2.33 bits per heavy atom. The third-order valence-corrected chi connectivity index (χ3v) is 2.25. The molecular formula is C12H16N2O. The topological polar surface area (TPSA) is 45.0 Å². The molecule has 1 aromatic carbocycles. The van der Waals surface area contributed by atoms with E-state index in [-0.39, 0.29) is 6.04 Å². The van der Waals surface area contributed by atoms with E-state index in [2.05, 4.69) is 11.4 Å². The van der Waals surface area contributed by atoms with Crippen LogP contribution in [0.2, 0.25) is 0 Å². The van der Waals surface area contributed by atoms with Crippen LogP contribution in [0, 0.1) is 11.3 Å². The molecule has 0 aliphatic carbocycles. The van der Waals surface area contributed by atoms with Crippen molar-refractivity contribution in [1.82, 2.24) is 5.32 Å². The van der Waals surface area contributed by atoms with Gasteiger partial charge in [-0.05, 0) is 24.1 Å². The molecule has 3 heteroatoms. The summed E-state index contributed by atoms with van der Waals surface area (Å²) in [6, 6.07) is 9.97. The lowest BCUT2D eigenvalue weighted by atomic mass is 10.2. The first-order valence-corrected chi connectivity index (χ1v) is 5.06. The van der Waals surface area contributed by atoms with Crippen molar-refractivity contribution in [1.29, 1.82) is 5.26 Å². The number of hydrogen-bond acceptors (Lipinski definition) is 3. The van der Waals surface area contributed by atoms with E-state index in [1.54, 1.807) is 7.11 Å². The fourth-order valence-corrected chi connectivity index (χ4v) is 1.30. The Hall–Kier alpha value is -1.53. The smallest absolute Gasteiger partial charge is 0.119 e. The molecule has 3 nitrogen and oxygen atoms in total. The maximum absolute atomic E-state index is 8.77. The maximum atomic E-state index is 8.77. The molecular weight excluding hydrogens is 188 g/mol. The molecule has 0 heterocycles. The van der Waals surface area contributed by atoms with E-state index in [0.717, 1.165) is 17.7 Å². The number of ether oxygens (including phenoxy) is 1. The average Bonchev–Trinajstić information content (AvgIpc) is 2.31. The number of benzene rings is 1. The first kappa shape index (κ1) is 11.5. The largest absolute Gasteiger partial charge is 0.497 e. The van der Waals surface area contributed by atoms with Crippen LogP contribution in [0.1, 0.15) is 18.9 Å². The van der Waals surface area contributed by atoms with Crippen LogP contribution in [0.3, 0.4) is 0 Å². The molecule has 0 spiro atoms. The van der Waals surface area contributed by atoms with Gasteiger partial charge in [-0.15, -0.1) is 0 Å². The minimum Gasteiger partial charge on any atom is -0.497 e. The van der Waals surface area contributed by atoms with Crippen LogP contribution < -0.4 is 10.1 Å². The second-order valence-corrected chi connectivity index (χ2v) is 3.32. The number of nitrogens with zero attached hydrogens (tertiary/aromatic N) is 1. The fourth-order valence-electron chi connectivity index (χ4n) is 1.30. The third-order valence-electron chi connectivity index (χ3n) is 2.25. The Morgan fingerprint density at radius 3 is 2.93 bits per heavy atom. The quantitative estimate of drug-likeness (QED) is 0.798. The van der Waals surface area contributed by atoms with Crippen molar-refractivity contribution in [2.75, 3.05) is 7.11 Å². The van der Waals surface area contributed by atoms with Gasteiger partial charge in [0, 0.05) is 6.54 Å². The van der Waals surface area contributed by atoms with Crippen LogP contribution >= 0.6 is 0 Å². The van der Waals surface area contributed by atoms with Crippen molar-refractivity contribution in [3.63, 3.8) is 0 Å². The highest BCUT2D eigenvalue weighted by molar-refractivity contribution is 5.28. The summed E-state index contributed by atoms with van der Waals surface area (Å²) >= 11 is 0. The maximum Gasteiger partial charge on any atom is 0.119 e. The van der Waals surface area contributed by atoms with Crippen molar-refractivity contribution in [3.8, 4) is 11.8 Å². The van der Waals surface area contributed by atoms with E-state index >= 15 is 0 Å². The van der Waals surface area contributed by atoms with Crippen LogP contribution in [0.25, 0.3) is 0 Å². The van der Waals surface area contributed by atoms with Gasteiger partial charge in [0.05, 0.1) is 19.2 Å². The first-order valence-electron chi connectivity index (χ1n) is 5.06. The minimum absolute atomic E-state index is 0.0730. The van der Waals surface area contributed by atoms with Gasteiger partial charge in [0.2, 0.25) is 0 Å². The van der Waals surface area contributed by atoms with E-state index in [4.69, 9.17) is 10.00 Å². The van der Waals surface area contributed by atoms with Crippen LogP contribution in [0.4, 0.5) is 0 Å². The van der Waals surface area contributed by atoms with Crippen LogP contribution in [0.15, 0.2) is 24.3 Å². The molecule has 0 aliphatic heterocycles. The summed E-state index contributed by atoms with van der Waals surface area (Å²) in [7, 11) is 1.65. The summed E-state index contributed by atoms with van der Waals surface area (Å²) in [5, 5.41) is 11.9. The van der Waals surface area contributed by atoms with Gasteiger partial charge < -0.3 is 4.74 Å². The van der Waals surface area contributed by atoms with Gasteiger partial charge >= 0.3 is 0 Å². The van der Waals surface area contributed by atoms with Gasteiger partial charge in [-0.25, -0.2) is 0 Å². The molecule has 0 saturated carbocycles. The predicted octanol–water partition coefficient (Wildman–Crippen LogP) is 2.09. The number of hydrogen-bond donors (Lipinski definition) is 1. The summed E-state index contributed by atoms with van der Waals surface area (Å²) in [4.78, 5) is 0. The highest BCUT2D eigenvalue weighted by atomic mass is 16.5. The third kappa shape index (κ3) is 3.61. The van der Waals surface area contributed by atoms with E-state index in [1.165, 1.54) is 0 Å². The molecule has 0 aromatic heterocycles. The molecule has 0 fully saturated rings. The predicted molar refractivity (Wildman–Crippen MR) is 59.5 cm³/mol. The zero-order chi connectivity index (χ0) is 11.1. The number of nitriles is 1. The normalized spacial score (nSPS) is 11.8. The van der Waals surface area contributed by atoms with Gasteiger partial charge in [0.1, 0.15) is 5.75 Å².